The fourth-order valence-corrected chi connectivity index (χ4v) is 4.52. The molecule has 1 amide bonds. The molecule has 3 atom stereocenters. The second-order valence-electron chi connectivity index (χ2n) is 7.50. The number of hydrogen-bond donors (Lipinski definition) is 0. The molecule has 2 aliphatic rings. The fourth-order valence-electron chi connectivity index (χ4n) is 4.23. The Morgan fingerprint density at radius 2 is 1.86 bits per heavy atom. The van der Waals surface area contributed by atoms with E-state index >= 15 is 0 Å². The van der Waals surface area contributed by atoms with E-state index in [-0.39, 0.29) is 30.1 Å². The van der Waals surface area contributed by atoms with Gasteiger partial charge in [0.1, 0.15) is 6.10 Å². The molecule has 3 unspecified atom stereocenters. The maximum atomic E-state index is 13.1. The van der Waals surface area contributed by atoms with Gasteiger partial charge in [-0.2, -0.15) is 0 Å². The summed E-state index contributed by atoms with van der Waals surface area (Å²) >= 11 is 12.1. The number of halogens is 2. The highest BCUT2D eigenvalue weighted by Gasteiger charge is 2.37. The van der Waals surface area contributed by atoms with Crippen molar-refractivity contribution in [2.45, 2.75) is 50.8 Å². The first-order valence-electron chi connectivity index (χ1n) is 9.65. The van der Waals surface area contributed by atoms with Crippen LogP contribution < -0.4 is 0 Å². The minimum Gasteiger partial charge on any atom is -0.463 e. The van der Waals surface area contributed by atoms with Crippen LogP contribution in [0.25, 0.3) is 0 Å². The van der Waals surface area contributed by atoms with E-state index < -0.39 is 0 Å². The van der Waals surface area contributed by atoms with Crippen LogP contribution in [0.3, 0.4) is 0 Å². The van der Waals surface area contributed by atoms with E-state index in [2.05, 4.69) is 17.1 Å². The SMILES string of the molecule is CC(=O)OC1CCCC(N(C)C(=O)c2ccc(Cl)c(Cl)c2)C(N2CC=CC2)C1. The zero-order valence-corrected chi connectivity index (χ0v) is 17.7. The number of carbonyl (C=O) groups excluding carboxylic acids is 2. The average molecular weight is 425 g/mol. The highest BCUT2D eigenvalue weighted by molar-refractivity contribution is 6.42. The van der Waals surface area contributed by atoms with E-state index in [1.165, 1.54) is 6.92 Å². The molecule has 28 heavy (non-hydrogen) atoms. The molecule has 1 aliphatic heterocycles. The standard InChI is InChI=1S/C21H26Cl2N2O3/c1-14(26)28-16-6-5-7-19(20(13-16)25-10-3-4-11-25)24(2)21(27)15-8-9-17(22)18(23)12-15/h3-4,8-9,12,16,19-20H,5-7,10-11,13H2,1-2H3. The molecule has 0 spiro atoms. The zero-order chi connectivity index (χ0) is 20.3. The Morgan fingerprint density at radius 1 is 1.14 bits per heavy atom. The van der Waals surface area contributed by atoms with Crippen molar-refractivity contribution >= 4 is 35.1 Å². The lowest BCUT2D eigenvalue weighted by molar-refractivity contribution is -0.147. The topological polar surface area (TPSA) is 49.9 Å². The van der Waals surface area contributed by atoms with Crippen LogP contribution in [0.15, 0.2) is 30.4 Å². The predicted molar refractivity (Wildman–Crippen MR) is 111 cm³/mol. The van der Waals surface area contributed by atoms with Crippen LogP contribution in [0.5, 0.6) is 0 Å². The Bertz CT molecular complexity index is 760. The largest absolute Gasteiger partial charge is 0.463 e. The monoisotopic (exact) mass is 424 g/mol. The maximum absolute atomic E-state index is 13.1. The number of amides is 1. The molecule has 1 fully saturated rings. The van der Waals surface area contributed by atoms with Gasteiger partial charge in [-0.3, -0.25) is 14.5 Å². The van der Waals surface area contributed by atoms with Crippen molar-refractivity contribution in [3.63, 3.8) is 0 Å². The number of carbonyl (C=O) groups is 2. The minimum absolute atomic E-state index is 0.0300. The molecular weight excluding hydrogens is 399 g/mol. The first kappa shape index (κ1) is 21.2. The average Bonchev–Trinajstić information content (AvgIpc) is 3.11. The number of hydrogen-bond acceptors (Lipinski definition) is 4. The lowest BCUT2D eigenvalue weighted by atomic mass is 9.98. The summed E-state index contributed by atoms with van der Waals surface area (Å²) in [6.07, 6.45) is 7.49. The van der Waals surface area contributed by atoms with E-state index in [0.717, 1.165) is 38.8 Å². The lowest BCUT2D eigenvalue weighted by Crippen LogP contribution is -2.52. The van der Waals surface area contributed by atoms with Gasteiger partial charge in [0.25, 0.3) is 5.91 Å². The molecule has 0 saturated heterocycles. The van der Waals surface area contributed by atoms with Gasteiger partial charge in [0, 0.05) is 51.1 Å². The zero-order valence-electron chi connectivity index (χ0n) is 16.2. The quantitative estimate of drug-likeness (QED) is 0.413. The van der Waals surface area contributed by atoms with E-state index in [9.17, 15) is 9.59 Å². The summed E-state index contributed by atoms with van der Waals surface area (Å²) in [5.74, 6) is -0.325. The van der Waals surface area contributed by atoms with Gasteiger partial charge in [-0.15, -0.1) is 0 Å². The predicted octanol–water partition coefficient (Wildman–Crippen LogP) is 4.18. The Morgan fingerprint density at radius 3 is 2.50 bits per heavy atom. The summed E-state index contributed by atoms with van der Waals surface area (Å²) in [7, 11) is 1.85. The number of ether oxygens (including phenoxy) is 1. The second kappa shape index (κ2) is 9.29. The van der Waals surface area contributed by atoms with Crippen molar-refractivity contribution in [1.29, 1.82) is 0 Å². The third-order valence-corrected chi connectivity index (χ3v) is 6.35. The van der Waals surface area contributed by atoms with Gasteiger partial charge in [0.2, 0.25) is 0 Å². The van der Waals surface area contributed by atoms with Crippen molar-refractivity contribution in [3.05, 3.63) is 46.0 Å². The van der Waals surface area contributed by atoms with Crippen LogP contribution in [0.1, 0.15) is 43.0 Å². The number of nitrogens with zero attached hydrogens (tertiary/aromatic N) is 2. The molecule has 1 saturated carbocycles. The van der Waals surface area contributed by atoms with Gasteiger partial charge in [0.15, 0.2) is 0 Å². The van der Waals surface area contributed by atoms with Crippen LogP contribution in [0.2, 0.25) is 10.0 Å². The molecule has 0 aromatic heterocycles. The van der Waals surface area contributed by atoms with Crippen LogP contribution >= 0.6 is 23.2 Å². The van der Waals surface area contributed by atoms with Gasteiger partial charge in [0.05, 0.1) is 10.0 Å². The minimum atomic E-state index is -0.248. The number of likely N-dealkylation sites (N-methyl/N-ethyl adjacent to an activating group) is 1. The van der Waals surface area contributed by atoms with Crippen molar-refractivity contribution in [3.8, 4) is 0 Å². The van der Waals surface area contributed by atoms with Crippen molar-refractivity contribution < 1.29 is 14.3 Å². The molecule has 152 valence electrons. The van der Waals surface area contributed by atoms with Crippen LogP contribution in [0.4, 0.5) is 0 Å². The number of benzene rings is 1. The normalized spacial score (nSPS) is 25.4. The van der Waals surface area contributed by atoms with Crippen LogP contribution in [0, 0.1) is 0 Å². The summed E-state index contributed by atoms with van der Waals surface area (Å²) in [5, 5.41) is 0.803. The Balaban J connectivity index is 1.82. The number of esters is 1. The van der Waals surface area contributed by atoms with Crippen molar-refractivity contribution in [2.24, 2.45) is 0 Å². The van der Waals surface area contributed by atoms with Crippen molar-refractivity contribution in [1.82, 2.24) is 9.80 Å². The smallest absolute Gasteiger partial charge is 0.302 e. The highest BCUT2D eigenvalue weighted by Crippen LogP contribution is 2.30. The molecule has 1 aliphatic carbocycles. The molecule has 1 aromatic carbocycles. The van der Waals surface area contributed by atoms with Crippen LogP contribution in [-0.2, 0) is 9.53 Å². The highest BCUT2D eigenvalue weighted by atomic mass is 35.5. The fraction of sp³-hybridized carbons (Fsp3) is 0.524. The maximum Gasteiger partial charge on any atom is 0.302 e. The van der Waals surface area contributed by atoms with Gasteiger partial charge >= 0.3 is 5.97 Å². The molecule has 3 rings (SSSR count). The molecule has 0 radical (unpaired) electrons. The first-order chi connectivity index (χ1) is 13.4. The van der Waals surface area contributed by atoms with Crippen LogP contribution in [-0.4, -0.2) is 60.0 Å². The molecule has 0 bridgehead atoms. The van der Waals surface area contributed by atoms with Gasteiger partial charge in [-0.05, 0) is 37.5 Å². The molecular formula is C21H26Cl2N2O3. The summed E-state index contributed by atoms with van der Waals surface area (Å²) in [6, 6.07) is 5.13. The molecule has 7 heteroatoms. The van der Waals surface area contributed by atoms with E-state index in [0.29, 0.717) is 15.6 Å². The Hall–Kier alpha value is -1.56. The van der Waals surface area contributed by atoms with E-state index in [4.69, 9.17) is 27.9 Å². The summed E-state index contributed by atoms with van der Waals surface area (Å²) in [6.45, 7) is 3.15. The van der Waals surface area contributed by atoms with E-state index in [1.54, 1.807) is 18.2 Å². The molecule has 5 nitrogen and oxygen atoms in total. The van der Waals surface area contributed by atoms with Gasteiger partial charge < -0.3 is 9.64 Å². The third-order valence-electron chi connectivity index (χ3n) is 5.61. The summed E-state index contributed by atoms with van der Waals surface area (Å²) in [4.78, 5) is 28.8. The molecule has 0 N–H and O–H groups in total. The first-order valence-corrected chi connectivity index (χ1v) is 10.4. The molecule has 1 aromatic rings. The summed E-state index contributed by atoms with van der Waals surface area (Å²) in [5.41, 5.74) is 0.524. The van der Waals surface area contributed by atoms with E-state index in [1.807, 2.05) is 11.9 Å². The van der Waals surface area contributed by atoms with Gasteiger partial charge in [-0.25, -0.2) is 0 Å². The lowest BCUT2D eigenvalue weighted by Gasteiger charge is -2.39. The van der Waals surface area contributed by atoms with Gasteiger partial charge in [-0.1, -0.05) is 35.4 Å². The molecule has 1 heterocycles. The Kier molecular flexibility index (Phi) is 7.02. The Labute approximate surface area is 176 Å². The third kappa shape index (κ3) is 4.88. The van der Waals surface area contributed by atoms with Crippen molar-refractivity contribution in [2.75, 3.05) is 20.1 Å². The summed E-state index contributed by atoms with van der Waals surface area (Å²) < 4.78 is 5.54. The second-order valence-corrected chi connectivity index (χ2v) is 8.32. The number of rotatable bonds is 4.